The molecule has 1 aliphatic heterocycles. The van der Waals surface area contributed by atoms with Crippen molar-refractivity contribution in [3.63, 3.8) is 0 Å². The van der Waals surface area contributed by atoms with E-state index in [4.69, 9.17) is 11.6 Å². The molecule has 1 rings (SSSR count). The van der Waals surface area contributed by atoms with Crippen LogP contribution in [0.4, 0.5) is 0 Å². The number of carbonyl (C=O) groups is 1. The van der Waals surface area contributed by atoms with Crippen LogP contribution in [0.1, 0.15) is 6.42 Å². The third kappa shape index (κ3) is 1.66. The summed E-state index contributed by atoms with van der Waals surface area (Å²) < 4.78 is 0. The van der Waals surface area contributed by atoms with E-state index in [1.54, 1.807) is 0 Å². The second-order valence-electron chi connectivity index (χ2n) is 2.55. The summed E-state index contributed by atoms with van der Waals surface area (Å²) in [5, 5.41) is -0.181. The van der Waals surface area contributed by atoms with Gasteiger partial charge in [0.25, 0.3) is 0 Å². The van der Waals surface area contributed by atoms with Gasteiger partial charge in [-0.25, -0.2) is 0 Å². The second-order valence-corrected chi connectivity index (χ2v) is 2.92. The minimum Gasteiger partial charge on any atom is -0.306 e. The highest BCUT2D eigenvalue weighted by Gasteiger charge is 2.24. The van der Waals surface area contributed by atoms with Gasteiger partial charge in [-0.2, -0.15) is 0 Å². The van der Waals surface area contributed by atoms with Crippen molar-refractivity contribution >= 4 is 16.8 Å². The number of hydrogen-bond acceptors (Lipinski definition) is 2. The van der Waals surface area contributed by atoms with Gasteiger partial charge in [-0.15, -0.1) is 0 Å². The molecule has 0 aromatic rings. The highest BCUT2D eigenvalue weighted by molar-refractivity contribution is 6.64. The van der Waals surface area contributed by atoms with Crippen LogP contribution >= 0.6 is 11.6 Å². The van der Waals surface area contributed by atoms with Gasteiger partial charge in [-0.05, 0) is 31.6 Å². The minimum atomic E-state index is -0.181. The van der Waals surface area contributed by atoms with Gasteiger partial charge in [0.1, 0.15) is 0 Å². The number of rotatable bonds is 1. The van der Waals surface area contributed by atoms with E-state index >= 15 is 0 Å². The Labute approximate surface area is 59.8 Å². The maximum atomic E-state index is 10.5. The van der Waals surface area contributed by atoms with Crippen molar-refractivity contribution < 1.29 is 4.79 Å². The number of carbonyl (C=O) groups excluding carboxylic acids is 1. The quantitative estimate of drug-likeness (QED) is 0.509. The van der Waals surface area contributed by atoms with Gasteiger partial charge in [-0.3, -0.25) is 4.79 Å². The molecule has 0 aromatic carbocycles. The van der Waals surface area contributed by atoms with E-state index in [9.17, 15) is 4.79 Å². The second kappa shape index (κ2) is 2.67. The number of halogens is 1. The fraction of sp³-hybridized carbons (Fsp3) is 0.833. The predicted octanol–water partition coefficient (Wildman–Crippen LogP) is 0.704. The molecule has 3 heteroatoms. The van der Waals surface area contributed by atoms with Crippen LogP contribution in [0.25, 0.3) is 0 Å². The highest BCUT2D eigenvalue weighted by atomic mass is 35.5. The lowest BCUT2D eigenvalue weighted by atomic mass is 10.1. The Bertz CT molecular complexity index is 126. The molecular weight excluding hydrogens is 138 g/mol. The van der Waals surface area contributed by atoms with Gasteiger partial charge >= 0.3 is 0 Å². The third-order valence-electron chi connectivity index (χ3n) is 1.71. The Balaban J connectivity index is 2.39. The first kappa shape index (κ1) is 7.03. The Morgan fingerprint density at radius 1 is 1.78 bits per heavy atom. The summed E-state index contributed by atoms with van der Waals surface area (Å²) in [4.78, 5) is 12.6. The van der Waals surface area contributed by atoms with Crippen molar-refractivity contribution in [2.75, 3.05) is 20.1 Å². The van der Waals surface area contributed by atoms with Crippen LogP contribution in [0.15, 0.2) is 0 Å². The average molecular weight is 148 g/mol. The molecule has 1 unspecified atom stereocenters. The molecule has 1 fully saturated rings. The van der Waals surface area contributed by atoms with E-state index < -0.39 is 0 Å². The highest BCUT2D eigenvalue weighted by Crippen LogP contribution is 2.16. The predicted molar refractivity (Wildman–Crippen MR) is 36.5 cm³/mol. The lowest BCUT2D eigenvalue weighted by Gasteiger charge is -2.04. The van der Waals surface area contributed by atoms with Crippen molar-refractivity contribution in [2.24, 2.45) is 5.92 Å². The standard InChI is InChI=1S/C6H10ClNO/c1-8-3-2-5(4-8)6(7)9/h5H,2-4H2,1H3. The van der Waals surface area contributed by atoms with Crippen molar-refractivity contribution in [2.45, 2.75) is 6.42 Å². The summed E-state index contributed by atoms with van der Waals surface area (Å²) in [6, 6.07) is 0. The molecule has 9 heavy (non-hydrogen) atoms. The first-order valence-corrected chi connectivity index (χ1v) is 3.46. The van der Waals surface area contributed by atoms with Gasteiger partial charge in [0.15, 0.2) is 0 Å². The zero-order valence-corrected chi connectivity index (χ0v) is 6.19. The lowest BCUT2D eigenvalue weighted by molar-refractivity contribution is -0.114. The Morgan fingerprint density at radius 2 is 2.44 bits per heavy atom. The van der Waals surface area contributed by atoms with Crippen molar-refractivity contribution in [3.05, 3.63) is 0 Å². The normalized spacial score (nSPS) is 28.9. The SMILES string of the molecule is CN1CCC(C(=O)Cl)C1. The number of likely N-dealkylation sites (tertiary alicyclic amines) is 1. The maximum Gasteiger partial charge on any atom is 0.226 e. The van der Waals surface area contributed by atoms with Gasteiger partial charge < -0.3 is 4.90 Å². The average Bonchev–Trinajstić information content (AvgIpc) is 2.14. The molecule has 0 aromatic heterocycles. The molecule has 0 amide bonds. The number of nitrogens with zero attached hydrogens (tertiary/aromatic N) is 1. The van der Waals surface area contributed by atoms with Crippen molar-refractivity contribution in [1.82, 2.24) is 4.90 Å². The molecule has 2 nitrogen and oxygen atoms in total. The smallest absolute Gasteiger partial charge is 0.226 e. The van der Waals surface area contributed by atoms with Gasteiger partial charge in [0.05, 0.1) is 0 Å². The summed E-state index contributed by atoms with van der Waals surface area (Å²) in [5.41, 5.74) is 0. The largest absolute Gasteiger partial charge is 0.306 e. The van der Waals surface area contributed by atoms with Gasteiger partial charge in [0, 0.05) is 12.5 Å². The van der Waals surface area contributed by atoms with Gasteiger partial charge in [-0.1, -0.05) is 0 Å². The van der Waals surface area contributed by atoms with Crippen LogP contribution in [-0.2, 0) is 4.79 Å². The molecule has 1 saturated heterocycles. The molecule has 0 N–H and O–H groups in total. The minimum absolute atomic E-state index is 0.0941. The van der Waals surface area contributed by atoms with Crippen LogP contribution < -0.4 is 0 Å². The molecule has 0 saturated carbocycles. The van der Waals surface area contributed by atoms with E-state index in [1.807, 2.05) is 7.05 Å². The third-order valence-corrected chi connectivity index (χ3v) is 2.02. The molecule has 52 valence electrons. The molecular formula is C6H10ClNO. The molecule has 1 heterocycles. The Morgan fingerprint density at radius 3 is 2.67 bits per heavy atom. The molecule has 1 atom stereocenters. The molecule has 0 radical (unpaired) electrons. The van der Waals surface area contributed by atoms with Crippen molar-refractivity contribution in [3.8, 4) is 0 Å². The first-order valence-electron chi connectivity index (χ1n) is 3.08. The van der Waals surface area contributed by atoms with E-state index in [1.165, 1.54) is 0 Å². The summed E-state index contributed by atoms with van der Waals surface area (Å²) in [7, 11) is 2.00. The lowest BCUT2D eigenvalue weighted by Crippen LogP contribution is -2.16. The van der Waals surface area contributed by atoms with Crippen LogP contribution in [-0.4, -0.2) is 30.3 Å². The van der Waals surface area contributed by atoms with E-state index in [0.717, 1.165) is 19.5 Å². The van der Waals surface area contributed by atoms with Crippen LogP contribution in [0, 0.1) is 5.92 Å². The Kier molecular flexibility index (Phi) is 2.09. The molecule has 0 bridgehead atoms. The molecule has 0 aliphatic carbocycles. The van der Waals surface area contributed by atoms with Crippen LogP contribution in [0.3, 0.4) is 0 Å². The maximum absolute atomic E-state index is 10.5. The fourth-order valence-corrected chi connectivity index (χ4v) is 1.30. The van der Waals surface area contributed by atoms with E-state index in [-0.39, 0.29) is 11.2 Å². The summed E-state index contributed by atoms with van der Waals surface area (Å²) in [5.74, 6) is 0.0941. The van der Waals surface area contributed by atoms with Crippen LogP contribution in [0.2, 0.25) is 0 Å². The zero-order chi connectivity index (χ0) is 6.85. The van der Waals surface area contributed by atoms with Crippen molar-refractivity contribution in [1.29, 1.82) is 0 Å². The fourth-order valence-electron chi connectivity index (χ4n) is 1.12. The van der Waals surface area contributed by atoms with Crippen LogP contribution in [0.5, 0.6) is 0 Å². The molecule has 1 aliphatic rings. The van der Waals surface area contributed by atoms with E-state index in [2.05, 4.69) is 4.90 Å². The topological polar surface area (TPSA) is 20.3 Å². The molecule has 0 spiro atoms. The van der Waals surface area contributed by atoms with E-state index in [0.29, 0.717) is 0 Å². The summed E-state index contributed by atoms with van der Waals surface area (Å²) in [6.45, 7) is 1.84. The van der Waals surface area contributed by atoms with Gasteiger partial charge in [0.2, 0.25) is 5.24 Å². The monoisotopic (exact) mass is 147 g/mol. The number of hydrogen-bond donors (Lipinski definition) is 0. The summed E-state index contributed by atoms with van der Waals surface area (Å²) >= 11 is 5.28. The Hall–Kier alpha value is -0.0800. The summed E-state index contributed by atoms with van der Waals surface area (Å²) in [6.07, 6.45) is 0.929. The zero-order valence-electron chi connectivity index (χ0n) is 5.43. The first-order chi connectivity index (χ1) is 4.20.